The fraction of sp³-hybridized carbons (Fsp3) is 0.857. The first-order chi connectivity index (χ1) is 5.42. The molecule has 0 aliphatic rings. The second-order valence-corrected chi connectivity index (χ2v) is 5.10. The second kappa shape index (κ2) is 6.03. The average molecular weight is 232 g/mol. The van der Waals surface area contributed by atoms with Gasteiger partial charge in [-0.05, 0) is 27.1 Å². The average Bonchev–Trinajstić information content (AvgIpc) is 1.83. The van der Waals surface area contributed by atoms with E-state index >= 15 is 0 Å². The molecule has 0 saturated heterocycles. The minimum atomic E-state index is -1.35. The summed E-state index contributed by atoms with van der Waals surface area (Å²) in [5.74, 6) is 0. The Kier molecular flexibility index (Phi) is 6.28. The molecular weight excluding hydrogens is 218 g/mol. The van der Waals surface area contributed by atoms with Gasteiger partial charge in [0.1, 0.15) is 0 Å². The van der Waals surface area contributed by atoms with Crippen molar-refractivity contribution in [2.75, 3.05) is 27.2 Å². The molecule has 0 aromatic carbocycles. The van der Waals surface area contributed by atoms with E-state index in [4.69, 9.17) is 34.8 Å². The molecule has 0 amide bonds. The third-order valence-corrected chi connectivity index (χ3v) is 1.42. The van der Waals surface area contributed by atoms with Crippen LogP contribution in [0.3, 0.4) is 0 Å². The van der Waals surface area contributed by atoms with Crippen LogP contribution in [0.5, 0.6) is 0 Å². The Hall–Kier alpha value is 0.500. The van der Waals surface area contributed by atoms with Crippen LogP contribution in [-0.4, -0.2) is 42.1 Å². The monoisotopic (exact) mass is 230 g/mol. The van der Waals surface area contributed by atoms with E-state index in [2.05, 4.69) is 9.89 Å². The van der Waals surface area contributed by atoms with Crippen molar-refractivity contribution in [3.8, 4) is 0 Å². The number of aliphatic imine (C=N–C) groups is 1. The van der Waals surface area contributed by atoms with E-state index in [0.29, 0.717) is 6.54 Å². The lowest BCUT2D eigenvalue weighted by Crippen LogP contribution is -2.14. The largest absolute Gasteiger partial charge is 0.309 e. The maximum absolute atomic E-state index is 5.45. The van der Waals surface area contributed by atoms with Gasteiger partial charge in [-0.1, -0.05) is 34.8 Å². The third-order valence-electron chi connectivity index (χ3n) is 1.13. The van der Waals surface area contributed by atoms with Gasteiger partial charge in [0.2, 0.25) is 3.79 Å². The molecule has 5 heteroatoms. The molecule has 0 aromatic heterocycles. The summed E-state index contributed by atoms with van der Waals surface area (Å²) in [6.07, 6.45) is 2.32. The Morgan fingerprint density at radius 1 is 1.33 bits per heavy atom. The first-order valence-corrected chi connectivity index (χ1v) is 4.77. The predicted molar refractivity (Wildman–Crippen MR) is 56.8 cm³/mol. The molecule has 0 aromatic rings. The third kappa shape index (κ3) is 10.5. The lowest BCUT2D eigenvalue weighted by atomic mass is 10.4. The van der Waals surface area contributed by atoms with Gasteiger partial charge >= 0.3 is 0 Å². The van der Waals surface area contributed by atoms with Crippen LogP contribution < -0.4 is 0 Å². The molecule has 0 heterocycles. The molecule has 0 fully saturated rings. The van der Waals surface area contributed by atoms with Crippen LogP contribution in [0.4, 0.5) is 0 Å². The highest BCUT2D eigenvalue weighted by Gasteiger charge is 2.14. The highest BCUT2D eigenvalue weighted by atomic mass is 35.6. The van der Waals surface area contributed by atoms with Gasteiger partial charge in [-0.15, -0.1) is 0 Å². The van der Waals surface area contributed by atoms with Crippen LogP contribution in [0.25, 0.3) is 0 Å². The smallest absolute Gasteiger partial charge is 0.225 e. The van der Waals surface area contributed by atoms with Gasteiger partial charge in [0, 0.05) is 12.8 Å². The van der Waals surface area contributed by atoms with E-state index in [-0.39, 0.29) is 0 Å². The number of alkyl halides is 3. The zero-order chi connectivity index (χ0) is 9.61. The Morgan fingerprint density at radius 2 is 1.92 bits per heavy atom. The fourth-order valence-electron chi connectivity index (χ4n) is 0.646. The fourth-order valence-corrected chi connectivity index (χ4v) is 0.853. The maximum atomic E-state index is 5.45. The van der Waals surface area contributed by atoms with Crippen LogP contribution in [0, 0.1) is 0 Å². The van der Waals surface area contributed by atoms with Gasteiger partial charge in [-0.3, -0.25) is 4.99 Å². The summed E-state index contributed by atoms with van der Waals surface area (Å²) in [5, 5.41) is 0. The van der Waals surface area contributed by atoms with Crippen molar-refractivity contribution in [3.63, 3.8) is 0 Å². The lowest BCUT2D eigenvalue weighted by Gasteiger charge is -2.07. The summed E-state index contributed by atoms with van der Waals surface area (Å²) in [6, 6.07) is 0. The van der Waals surface area contributed by atoms with Crippen LogP contribution in [0.2, 0.25) is 0 Å². The SMILES string of the molecule is CN(C)CCCN=CC(Cl)(Cl)Cl. The Bertz CT molecular complexity index is 140. The molecule has 0 atom stereocenters. The van der Waals surface area contributed by atoms with E-state index in [0.717, 1.165) is 13.0 Å². The number of nitrogens with zero attached hydrogens (tertiary/aromatic N) is 2. The van der Waals surface area contributed by atoms with Crippen molar-refractivity contribution in [1.29, 1.82) is 0 Å². The summed E-state index contributed by atoms with van der Waals surface area (Å²) in [4.78, 5) is 6.06. The topological polar surface area (TPSA) is 15.6 Å². The maximum Gasteiger partial charge on any atom is 0.225 e. The highest BCUT2D eigenvalue weighted by molar-refractivity contribution is 6.74. The minimum absolute atomic E-state index is 0.700. The molecule has 72 valence electrons. The van der Waals surface area contributed by atoms with Crippen LogP contribution in [0.15, 0.2) is 4.99 Å². The standard InChI is InChI=1S/C7H13Cl3N2/c1-12(2)5-3-4-11-6-7(8,9)10/h6H,3-5H2,1-2H3. The van der Waals surface area contributed by atoms with Gasteiger partial charge in [-0.25, -0.2) is 0 Å². The van der Waals surface area contributed by atoms with Crippen LogP contribution in [-0.2, 0) is 0 Å². The molecule has 0 saturated carbocycles. The quantitative estimate of drug-likeness (QED) is 0.412. The van der Waals surface area contributed by atoms with E-state index in [1.807, 2.05) is 14.1 Å². The Labute approximate surface area is 88.5 Å². The Morgan fingerprint density at radius 3 is 2.33 bits per heavy atom. The normalized spacial score (nSPS) is 13.2. The Balaban J connectivity index is 3.37. The summed E-state index contributed by atoms with van der Waals surface area (Å²) < 4.78 is -1.35. The lowest BCUT2D eigenvalue weighted by molar-refractivity contribution is 0.403. The van der Waals surface area contributed by atoms with Gasteiger partial charge < -0.3 is 4.90 Å². The van der Waals surface area contributed by atoms with Crippen LogP contribution in [0.1, 0.15) is 6.42 Å². The van der Waals surface area contributed by atoms with E-state index in [1.54, 1.807) is 0 Å². The van der Waals surface area contributed by atoms with E-state index in [9.17, 15) is 0 Å². The molecule has 0 radical (unpaired) electrons. The zero-order valence-electron chi connectivity index (χ0n) is 7.23. The molecule has 0 aliphatic heterocycles. The number of hydrogen-bond acceptors (Lipinski definition) is 2. The van der Waals surface area contributed by atoms with Crippen molar-refractivity contribution < 1.29 is 0 Å². The summed E-state index contributed by atoms with van der Waals surface area (Å²) in [5.41, 5.74) is 0. The summed E-state index contributed by atoms with van der Waals surface area (Å²) in [6.45, 7) is 1.70. The molecule has 0 aliphatic carbocycles. The molecule has 12 heavy (non-hydrogen) atoms. The first-order valence-electron chi connectivity index (χ1n) is 3.64. The second-order valence-electron chi connectivity index (χ2n) is 2.73. The molecule has 0 unspecified atom stereocenters. The van der Waals surface area contributed by atoms with E-state index < -0.39 is 3.79 Å². The molecule has 0 rings (SSSR count). The minimum Gasteiger partial charge on any atom is -0.309 e. The number of hydrogen-bond donors (Lipinski definition) is 0. The predicted octanol–water partition coefficient (Wildman–Crippen LogP) is 2.38. The van der Waals surface area contributed by atoms with Gasteiger partial charge in [-0.2, -0.15) is 0 Å². The van der Waals surface area contributed by atoms with Crippen molar-refractivity contribution in [1.82, 2.24) is 4.90 Å². The van der Waals surface area contributed by atoms with E-state index in [1.165, 1.54) is 6.21 Å². The summed E-state index contributed by atoms with van der Waals surface area (Å²) >= 11 is 16.3. The highest BCUT2D eigenvalue weighted by Crippen LogP contribution is 2.22. The van der Waals surface area contributed by atoms with Crippen molar-refractivity contribution in [3.05, 3.63) is 0 Å². The zero-order valence-corrected chi connectivity index (χ0v) is 9.49. The molecular formula is C7H13Cl3N2. The first kappa shape index (κ1) is 12.5. The molecule has 0 N–H and O–H groups in total. The van der Waals surface area contributed by atoms with Crippen molar-refractivity contribution >= 4 is 41.0 Å². The number of halogens is 3. The van der Waals surface area contributed by atoms with Crippen LogP contribution >= 0.6 is 34.8 Å². The van der Waals surface area contributed by atoms with Crippen molar-refractivity contribution in [2.24, 2.45) is 4.99 Å². The van der Waals surface area contributed by atoms with Gasteiger partial charge in [0.15, 0.2) is 0 Å². The van der Waals surface area contributed by atoms with Gasteiger partial charge in [0.25, 0.3) is 0 Å². The number of rotatable bonds is 4. The molecule has 0 bridgehead atoms. The molecule has 2 nitrogen and oxygen atoms in total. The van der Waals surface area contributed by atoms with Gasteiger partial charge in [0.05, 0.1) is 0 Å². The molecule has 0 spiro atoms. The van der Waals surface area contributed by atoms with Crippen molar-refractivity contribution in [2.45, 2.75) is 10.2 Å². The summed E-state index contributed by atoms with van der Waals surface area (Å²) in [7, 11) is 4.03.